The second-order valence-electron chi connectivity index (χ2n) is 4.13. The van der Waals surface area contributed by atoms with Crippen molar-refractivity contribution in [3.8, 4) is 17.1 Å². The highest BCUT2D eigenvalue weighted by Gasteiger charge is 2.16. The van der Waals surface area contributed by atoms with Crippen LogP contribution in [-0.4, -0.2) is 23.6 Å². The average Bonchev–Trinajstić information content (AvgIpc) is 2.47. The molecule has 0 fully saturated rings. The first kappa shape index (κ1) is 15.6. The van der Waals surface area contributed by atoms with Crippen LogP contribution in [0.2, 0.25) is 0 Å². The van der Waals surface area contributed by atoms with E-state index >= 15 is 0 Å². The monoisotopic (exact) mass is 357 g/mol. The first-order chi connectivity index (χ1) is 10.1. The highest BCUT2D eigenvalue weighted by atomic mass is 79.9. The molecule has 0 aliphatic rings. The molecule has 0 unspecified atom stereocenters. The van der Waals surface area contributed by atoms with E-state index in [2.05, 4.69) is 36.0 Å². The zero-order chi connectivity index (χ0) is 15.4. The standard InChI is InChI=1S/C14H14BrF2N3O/c1-3-9-11(15)13(18-2)20-12(19-9)8-6-4-5-7-10(8)21-14(16)17/h4-7,14H,3H2,1-2H3,(H,18,19,20). The molecule has 0 saturated heterocycles. The van der Waals surface area contributed by atoms with Gasteiger partial charge in [-0.15, -0.1) is 0 Å². The van der Waals surface area contributed by atoms with Crippen molar-refractivity contribution in [1.82, 2.24) is 9.97 Å². The summed E-state index contributed by atoms with van der Waals surface area (Å²) >= 11 is 3.43. The van der Waals surface area contributed by atoms with Crippen molar-refractivity contribution in [2.45, 2.75) is 20.0 Å². The summed E-state index contributed by atoms with van der Waals surface area (Å²) in [6.45, 7) is -0.936. The summed E-state index contributed by atoms with van der Waals surface area (Å²) < 4.78 is 30.3. The van der Waals surface area contributed by atoms with Gasteiger partial charge in [0.2, 0.25) is 0 Å². The zero-order valence-corrected chi connectivity index (χ0v) is 13.1. The Hall–Kier alpha value is -1.76. The Labute approximate surface area is 129 Å². The van der Waals surface area contributed by atoms with E-state index in [1.165, 1.54) is 6.07 Å². The van der Waals surface area contributed by atoms with Crippen molar-refractivity contribution < 1.29 is 13.5 Å². The number of hydrogen-bond donors (Lipinski definition) is 1. The van der Waals surface area contributed by atoms with Gasteiger partial charge in [-0.1, -0.05) is 19.1 Å². The van der Waals surface area contributed by atoms with Gasteiger partial charge >= 0.3 is 6.61 Å². The maximum atomic E-state index is 12.5. The van der Waals surface area contributed by atoms with E-state index in [-0.39, 0.29) is 5.75 Å². The zero-order valence-electron chi connectivity index (χ0n) is 11.5. The van der Waals surface area contributed by atoms with Crippen molar-refractivity contribution in [2.75, 3.05) is 12.4 Å². The Bertz CT molecular complexity index is 612. The number of rotatable bonds is 5. The number of hydrogen-bond acceptors (Lipinski definition) is 4. The van der Waals surface area contributed by atoms with Crippen LogP contribution in [0.25, 0.3) is 11.4 Å². The molecular weight excluding hydrogens is 344 g/mol. The van der Waals surface area contributed by atoms with Gasteiger partial charge in [0.15, 0.2) is 5.82 Å². The lowest BCUT2D eigenvalue weighted by atomic mass is 10.1. The molecule has 0 amide bonds. The summed E-state index contributed by atoms with van der Waals surface area (Å²) in [5, 5.41) is 2.95. The summed E-state index contributed by atoms with van der Waals surface area (Å²) in [7, 11) is 1.73. The van der Waals surface area contributed by atoms with Gasteiger partial charge < -0.3 is 10.1 Å². The maximum Gasteiger partial charge on any atom is 0.387 e. The maximum absolute atomic E-state index is 12.5. The average molecular weight is 358 g/mol. The van der Waals surface area contributed by atoms with Gasteiger partial charge in [0, 0.05) is 7.05 Å². The quantitative estimate of drug-likeness (QED) is 0.874. The first-order valence-corrected chi connectivity index (χ1v) is 7.14. The van der Waals surface area contributed by atoms with E-state index in [0.29, 0.717) is 23.6 Å². The van der Waals surface area contributed by atoms with Gasteiger partial charge in [-0.05, 0) is 34.5 Å². The molecule has 4 nitrogen and oxygen atoms in total. The molecule has 0 bridgehead atoms. The molecule has 1 N–H and O–H groups in total. The largest absolute Gasteiger partial charge is 0.434 e. The Morgan fingerprint density at radius 3 is 2.62 bits per heavy atom. The molecule has 7 heteroatoms. The number of nitrogens with zero attached hydrogens (tertiary/aromatic N) is 2. The topological polar surface area (TPSA) is 47.0 Å². The van der Waals surface area contributed by atoms with Crippen LogP contribution in [0, 0.1) is 0 Å². The summed E-state index contributed by atoms with van der Waals surface area (Å²) in [5.41, 5.74) is 1.22. The molecule has 0 atom stereocenters. The fourth-order valence-electron chi connectivity index (χ4n) is 1.86. The predicted octanol–water partition coefficient (Wildman–Crippen LogP) is 4.11. The van der Waals surface area contributed by atoms with Crippen molar-refractivity contribution in [1.29, 1.82) is 0 Å². The number of aromatic nitrogens is 2. The fourth-order valence-corrected chi connectivity index (χ4v) is 2.52. The van der Waals surface area contributed by atoms with Crippen molar-refractivity contribution in [3.63, 3.8) is 0 Å². The van der Waals surface area contributed by atoms with E-state index in [1.807, 2.05) is 6.92 Å². The smallest absolute Gasteiger partial charge is 0.387 e. The molecule has 112 valence electrons. The highest BCUT2D eigenvalue weighted by molar-refractivity contribution is 9.10. The van der Waals surface area contributed by atoms with Crippen LogP contribution in [0.3, 0.4) is 0 Å². The lowest BCUT2D eigenvalue weighted by molar-refractivity contribution is -0.0494. The molecule has 0 spiro atoms. The number of benzene rings is 1. The molecule has 0 saturated carbocycles. The van der Waals surface area contributed by atoms with Crippen LogP contribution in [0.5, 0.6) is 5.75 Å². The molecular formula is C14H14BrF2N3O. The summed E-state index contributed by atoms with van der Waals surface area (Å²) in [5.74, 6) is 0.998. The summed E-state index contributed by atoms with van der Waals surface area (Å²) in [6, 6.07) is 6.47. The third-order valence-electron chi connectivity index (χ3n) is 2.84. The highest BCUT2D eigenvalue weighted by Crippen LogP contribution is 2.32. The second-order valence-corrected chi connectivity index (χ2v) is 4.93. The number of halogens is 3. The van der Waals surface area contributed by atoms with Crippen LogP contribution >= 0.6 is 15.9 Å². The predicted molar refractivity (Wildman–Crippen MR) is 80.7 cm³/mol. The molecule has 2 aromatic rings. The first-order valence-electron chi connectivity index (χ1n) is 6.35. The molecule has 1 aromatic carbocycles. The summed E-state index contributed by atoms with van der Waals surface area (Å²) in [6.07, 6.45) is 0.683. The van der Waals surface area contributed by atoms with Crippen LogP contribution in [0.15, 0.2) is 28.7 Å². The van der Waals surface area contributed by atoms with Crippen LogP contribution in [0.1, 0.15) is 12.6 Å². The van der Waals surface area contributed by atoms with Gasteiger partial charge in [-0.25, -0.2) is 9.97 Å². The number of nitrogens with one attached hydrogen (secondary N) is 1. The van der Waals surface area contributed by atoms with E-state index in [4.69, 9.17) is 0 Å². The van der Waals surface area contributed by atoms with Gasteiger partial charge in [-0.3, -0.25) is 0 Å². The Balaban J connectivity index is 2.56. The van der Waals surface area contributed by atoms with E-state index in [9.17, 15) is 8.78 Å². The molecule has 2 rings (SSSR count). The normalized spacial score (nSPS) is 10.8. The second kappa shape index (κ2) is 6.80. The Morgan fingerprint density at radius 2 is 2.00 bits per heavy atom. The Kier molecular flexibility index (Phi) is 5.06. The lowest BCUT2D eigenvalue weighted by Gasteiger charge is -2.13. The Morgan fingerprint density at radius 1 is 1.29 bits per heavy atom. The SMILES string of the molecule is CCc1nc(-c2ccccc2OC(F)F)nc(NC)c1Br. The molecule has 21 heavy (non-hydrogen) atoms. The van der Waals surface area contributed by atoms with Crippen molar-refractivity contribution in [2.24, 2.45) is 0 Å². The number of anilines is 1. The molecule has 1 aromatic heterocycles. The third kappa shape index (κ3) is 3.47. The molecule has 1 heterocycles. The minimum absolute atomic E-state index is 0.0546. The van der Waals surface area contributed by atoms with E-state index in [0.717, 1.165) is 10.2 Å². The van der Waals surface area contributed by atoms with E-state index < -0.39 is 6.61 Å². The molecule has 0 radical (unpaired) electrons. The van der Waals surface area contributed by atoms with Crippen molar-refractivity contribution >= 4 is 21.7 Å². The lowest BCUT2D eigenvalue weighted by Crippen LogP contribution is -2.06. The van der Waals surface area contributed by atoms with Gasteiger partial charge in [-0.2, -0.15) is 8.78 Å². The van der Waals surface area contributed by atoms with Gasteiger partial charge in [0.05, 0.1) is 15.7 Å². The number of para-hydroxylation sites is 1. The number of aryl methyl sites for hydroxylation is 1. The molecule has 0 aliphatic carbocycles. The molecule has 0 aliphatic heterocycles. The number of ether oxygens (including phenoxy) is 1. The fraction of sp³-hybridized carbons (Fsp3) is 0.286. The number of alkyl halides is 2. The third-order valence-corrected chi connectivity index (χ3v) is 3.67. The summed E-state index contributed by atoms with van der Waals surface area (Å²) in [4.78, 5) is 8.76. The van der Waals surface area contributed by atoms with Crippen LogP contribution in [0.4, 0.5) is 14.6 Å². The van der Waals surface area contributed by atoms with Crippen LogP contribution in [-0.2, 0) is 6.42 Å². The van der Waals surface area contributed by atoms with Crippen LogP contribution < -0.4 is 10.1 Å². The minimum Gasteiger partial charge on any atom is -0.434 e. The van der Waals surface area contributed by atoms with Gasteiger partial charge in [0.25, 0.3) is 0 Å². The van der Waals surface area contributed by atoms with Crippen molar-refractivity contribution in [3.05, 3.63) is 34.4 Å². The van der Waals surface area contributed by atoms with E-state index in [1.54, 1.807) is 25.2 Å². The van der Waals surface area contributed by atoms with Gasteiger partial charge in [0.1, 0.15) is 11.6 Å². The minimum atomic E-state index is -2.89.